The third-order valence-electron chi connectivity index (χ3n) is 3.33. The lowest BCUT2D eigenvalue weighted by atomic mass is 9.81. The summed E-state index contributed by atoms with van der Waals surface area (Å²) in [5, 5.41) is 0. The molecule has 1 aliphatic carbocycles. The van der Waals surface area contributed by atoms with Gasteiger partial charge >= 0.3 is 0 Å². The molecule has 18 heavy (non-hydrogen) atoms. The van der Waals surface area contributed by atoms with E-state index in [9.17, 15) is 9.59 Å². The van der Waals surface area contributed by atoms with Crippen molar-refractivity contribution in [1.82, 2.24) is 0 Å². The minimum absolute atomic E-state index is 0.177. The molecule has 2 rings (SSSR count). The molecule has 0 saturated carbocycles. The first-order valence-corrected chi connectivity index (χ1v) is 6.11. The molecule has 0 spiro atoms. The molecule has 1 heterocycles. The van der Waals surface area contributed by atoms with Crippen LogP contribution in [0.15, 0.2) is 23.2 Å². The lowest BCUT2D eigenvalue weighted by Gasteiger charge is -2.39. The highest BCUT2D eigenvalue weighted by atomic mass is 16.5. The van der Waals surface area contributed by atoms with Crippen LogP contribution in [0.4, 0.5) is 0 Å². The number of hydrogen-bond donors (Lipinski definition) is 0. The number of rotatable bonds is 3. The first-order chi connectivity index (χ1) is 8.48. The third kappa shape index (κ3) is 2.19. The number of ketones is 1. The normalized spacial score (nSPS) is 26.1. The van der Waals surface area contributed by atoms with Gasteiger partial charge in [-0.1, -0.05) is 0 Å². The lowest BCUT2D eigenvalue weighted by molar-refractivity contribution is -0.135. The zero-order valence-corrected chi connectivity index (χ0v) is 11.0. The molecule has 0 amide bonds. The molecule has 4 heteroatoms. The largest absolute Gasteiger partial charge is 0.497 e. The van der Waals surface area contributed by atoms with E-state index in [1.54, 1.807) is 7.11 Å². The van der Waals surface area contributed by atoms with Gasteiger partial charge in [-0.15, -0.1) is 0 Å². The van der Waals surface area contributed by atoms with E-state index >= 15 is 0 Å². The molecular formula is C14H18O4. The van der Waals surface area contributed by atoms with E-state index in [1.807, 2.05) is 19.9 Å². The monoisotopic (exact) mass is 250 g/mol. The summed E-state index contributed by atoms with van der Waals surface area (Å²) >= 11 is 0. The maximum Gasteiger partial charge on any atom is 0.147 e. The summed E-state index contributed by atoms with van der Waals surface area (Å²) in [6.45, 7) is 3.77. The van der Waals surface area contributed by atoms with Crippen molar-refractivity contribution < 1.29 is 19.1 Å². The number of aldehydes is 1. The van der Waals surface area contributed by atoms with E-state index in [0.717, 1.165) is 6.29 Å². The molecule has 2 aliphatic rings. The Hall–Kier alpha value is -1.58. The summed E-state index contributed by atoms with van der Waals surface area (Å²) in [6, 6.07) is 0. The highest BCUT2D eigenvalue weighted by molar-refractivity contribution is 5.86. The molecule has 0 aromatic carbocycles. The van der Waals surface area contributed by atoms with Gasteiger partial charge < -0.3 is 14.3 Å². The van der Waals surface area contributed by atoms with Gasteiger partial charge in [-0.25, -0.2) is 0 Å². The molecule has 1 aliphatic heterocycles. The van der Waals surface area contributed by atoms with E-state index in [1.165, 1.54) is 0 Å². The Kier molecular flexibility index (Phi) is 3.28. The number of ether oxygens (including phenoxy) is 2. The van der Waals surface area contributed by atoms with E-state index in [2.05, 4.69) is 0 Å². The first kappa shape index (κ1) is 12.9. The van der Waals surface area contributed by atoms with E-state index in [4.69, 9.17) is 9.47 Å². The van der Waals surface area contributed by atoms with Gasteiger partial charge in [0.05, 0.1) is 13.0 Å². The zero-order chi connectivity index (χ0) is 13.3. The second-order valence-corrected chi connectivity index (χ2v) is 5.28. The summed E-state index contributed by atoms with van der Waals surface area (Å²) in [4.78, 5) is 22.9. The van der Waals surface area contributed by atoms with Crippen molar-refractivity contribution in [3.05, 3.63) is 23.2 Å². The Morgan fingerprint density at radius 3 is 2.89 bits per heavy atom. The highest BCUT2D eigenvalue weighted by Crippen LogP contribution is 2.41. The predicted molar refractivity (Wildman–Crippen MR) is 65.7 cm³/mol. The minimum Gasteiger partial charge on any atom is -0.497 e. The predicted octanol–water partition coefficient (Wildman–Crippen LogP) is 2.15. The Labute approximate surface area is 107 Å². The maximum atomic E-state index is 12.1. The smallest absolute Gasteiger partial charge is 0.147 e. The molecule has 4 nitrogen and oxygen atoms in total. The fraction of sp³-hybridized carbons (Fsp3) is 0.571. The highest BCUT2D eigenvalue weighted by Gasteiger charge is 2.41. The number of hydrogen-bond acceptors (Lipinski definition) is 4. The average molecular weight is 250 g/mol. The maximum absolute atomic E-state index is 12.1. The van der Waals surface area contributed by atoms with E-state index in [0.29, 0.717) is 29.9 Å². The summed E-state index contributed by atoms with van der Waals surface area (Å²) in [7, 11) is 1.56. The van der Waals surface area contributed by atoms with Crippen LogP contribution >= 0.6 is 0 Å². The van der Waals surface area contributed by atoms with Crippen molar-refractivity contribution in [2.75, 3.05) is 7.11 Å². The van der Waals surface area contributed by atoms with Crippen LogP contribution in [-0.4, -0.2) is 24.8 Å². The molecule has 1 atom stereocenters. The molecule has 1 unspecified atom stereocenters. The SMILES string of the molecule is COC1=CCC2C(=O)CC(C)(C)OC2=C1CC=O. The quantitative estimate of drug-likeness (QED) is 0.720. The van der Waals surface area contributed by atoms with Gasteiger partial charge in [0.25, 0.3) is 0 Å². The number of allylic oxidation sites excluding steroid dienone is 3. The van der Waals surface area contributed by atoms with Crippen molar-refractivity contribution in [3.8, 4) is 0 Å². The van der Waals surface area contributed by atoms with Crippen LogP contribution in [0.3, 0.4) is 0 Å². The molecule has 0 aromatic heterocycles. The van der Waals surface area contributed by atoms with Gasteiger partial charge in [0.15, 0.2) is 0 Å². The van der Waals surface area contributed by atoms with Crippen LogP contribution < -0.4 is 0 Å². The minimum atomic E-state index is -0.507. The molecule has 98 valence electrons. The van der Waals surface area contributed by atoms with Crippen LogP contribution in [0.2, 0.25) is 0 Å². The van der Waals surface area contributed by atoms with Crippen molar-refractivity contribution in [2.24, 2.45) is 5.92 Å². The zero-order valence-electron chi connectivity index (χ0n) is 11.0. The van der Waals surface area contributed by atoms with Gasteiger partial charge in [0.1, 0.15) is 29.2 Å². The molecule has 0 N–H and O–H groups in total. The molecule has 1 saturated heterocycles. The van der Waals surface area contributed by atoms with Gasteiger partial charge in [-0.05, 0) is 26.3 Å². The van der Waals surface area contributed by atoms with E-state index < -0.39 is 5.60 Å². The van der Waals surface area contributed by atoms with Crippen molar-refractivity contribution in [3.63, 3.8) is 0 Å². The van der Waals surface area contributed by atoms with Gasteiger partial charge in [0.2, 0.25) is 0 Å². The van der Waals surface area contributed by atoms with Crippen LogP contribution in [-0.2, 0) is 19.1 Å². The average Bonchev–Trinajstić information content (AvgIpc) is 2.29. The van der Waals surface area contributed by atoms with Crippen LogP contribution in [0.5, 0.6) is 0 Å². The topological polar surface area (TPSA) is 52.6 Å². The first-order valence-electron chi connectivity index (χ1n) is 6.11. The molecule has 1 fully saturated rings. The number of methoxy groups -OCH3 is 1. The summed E-state index contributed by atoms with van der Waals surface area (Å²) in [5.74, 6) is 1.21. The van der Waals surface area contributed by atoms with Crippen molar-refractivity contribution in [1.29, 1.82) is 0 Å². The number of Topliss-reactive ketones (excluding diaryl/α,β-unsaturated/α-hetero) is 1. The summed E-state index contributed by atoms with van der Waals surface area (Å²) in [6.07, 6.45) is 3.90. The van der Waals surface area contributed by atoms with Crippen LogP contribution in [0.25, 0.3) is 0 Å². The van der Waals surface area contributed by atoms with Gasteiger partial charge in [0, 0.05) is 18.4 Å². The van der Waals surface area contributed by atoms with E-state index in [-0.39, 0.29) is 18.1 Å². The standard InChI is InChI=1S/C14H18O4/c1-14(2)8-11(16)9-4-5-12(17-3)10(6-7-15)13(9)18-14/h5,7,9H,4,6,8H2,1-3H3. The van der Waals surface area contributed by atoms with Gasteiger partial charge in [-0.2, -0.15) is 0 Å². The molecule has 0 bridgehead atoms. The Bertz CT molecular complexity index is 443. The molecule has 0 aromatic rings. The Morgan fingerprint density at radius 2 is 2.28 bits per heavy atom. The van der Waals surface area contributed by atoms with Crippen LogP contribution in [0, 0.1) is 5.92 Å². The lowest BCUT2D eigenvalue weighted by Crippen LogP contribution is -2.40. The van der Waals surface area contributed by atoms with Crippen molar-refractivity contribution in [2.45, 2.75) is 38.7 Å². The van der Waals surface area contributed by atoms with Gasteiger partial charge in [-0.3, -0.25) is 4.79 Å². The number of fused-ring (bicyclic) bond motifs is 1. The fourth-order valence-electron chi connectivity index (χ4n) is 2.56. The second kappa shape index (κ2) is 4.59. The summed E-state index contributed by atoms with van der Waals surface area (Å²) < 4.78 is 11.2. The summed E-state index contributed by atoms with van der Waals surface area (Å²) in [5.41, 5.74) is 0.206. The third-order valence-corrected chi connectivity index (χ3v) is 3.33. The number of carbonyl (C=O) groups excluding carboxylic acids is 2. The second-order valence-electron chi connectivity index (χ2n) is 5.28. The Morgan fingerprint density at radius 1 is 1.56 bits per heavy atom. The number of carbonyl (C=O) groups is 2. The van der Waals surface area contributed by atoms with Crippen LogP contribution in [0.1, 0.15) is 33.1 Å². The van der Waals surface area contributed by atoms with Crippen molar-refractivity contribution >= 4 is 12.1 Å². The fourth-order valence-corrected chi connectivity index (χ4v) is 2.56. The Balaban J connectivity index is 2.45. The molecular weight excluding hydrogens is 232 g/mol. The molecule has 0 radical (unpaired) electrons.